The number of methoxy groups -OCH3 is 2. The Balaban J connectivity index is 2.79. The molecule has 0 aliphatic heterocycles. The van der Waals surface area contributed by atoms with Gasteiger partial charge < -0.3 is 9.47 Å². The predicted octanol–water partition coefficient (Wildman–Crippen LogP) is 2.82. The molecule has 0 fully saturated rings. The molecule has 0 amide bonds. The molecule has 1 aromatic rings. The number of nitrogens with zero attached hydrogens (tertiary/aromatic N) is 1. The van der Waals surface area contributed by atoms with Crippen LogP contribution in [-0.2, 0) is 16.0 Å². The average Bonchev–Trinajstić information content (AvgIpc) is 2.41. The highest BCUT2D eigenvalue weighted by Gasteiger charge is 2.15. The molecule has 0 radical (unpaired) electrons. The van der Waals surface area contributed by atoms with Crippen LogP contribution < -0.4 is 0 Å². The van der Waals surface area contributed by atoms with Crippen molar-refractivity contribution in [2.24, 2.45) is 0 Å². The van der Waals surface area contributed by atoms with Gasteiger partial charge in [0.05, 0.1) is 17.7 Å². The van der Waals surface area contributed by atoms with Gasteiger partial charge in [0, 0.05) is 39.4 Å². The summed E-state index contributed by atoms with van der Waals surface area (Å²) < 4.78 is 37.8. The second kappa shape index (κ2) is 8.58. The average molecular weight is 338 g/mol. The summed E-state index contributed by atoms with van der Waals surface area (Å²) in [5.74, 6) is -1.10. The standard InChI is InChI=1S/C13H18BrF2NO2/c1-18-7-5-17(6-8-19-2)9-10-12(15)4-3-11(14)13(10)16/h3-4H,5-9H2,1-2H3. The quantitative estimate of drug-likeness (QED) is 0.681. The molecular formula is C13H18BrF2NO2. The van der Waals surface area contributed by atoms with E-state index < -0.39 is 11.6 Å². The highest BCUT2D eigenvalue weighted by atomic mass is 79.9. The van der Waals surface area contributed by atoms with Crippen molar-refractivity contribution < 1.29 is 18.3 Å². The van der Waals surface area contributed by atoms with Crippen molar-refractivity contribution in [1.82, 2.24) is 4.90 Å². The van der Waals surface area contributed by atoms with Gasteiger partial charge in [-0.25, -0.2) is 8.78 Å². The number of rotatable bonds is 8. The highest BCUT2D eigenvalue weighted by Crippen LogP contribution is 2.22. The van der Waals surface area contributed by atoms with Gasteiger partial charge in [-0.1, -0.05) is 0 Å². The van der Waals surface area contributed by atoms with Crippen LogP contribution in [0.2, 0.25) is 0 Å². The van der Waals surface area contributed by atoms with Crippen molar-refractivity contribution >= 4 is 15.9 Å². The first kappa shape index (κ1) is 16.5. The van der Waals surface area contributed by atoms with Crippen LogP contribution in [0.25, 0.3) is 0 Å². The minimum Gasteiger partial charge on any atom is -0.383 e. The summed E-state index contributed by atoms with van der Waals surface area (Å²) in [6, 6.07) is 2.62. The van der Waals surface area contributed by atoms with Crippen molar-refractivity contribution in [2.75, 3.05) is 40.5 Å². The first-order chi connectivity index (χ1) is 9.10. The molecule has 6 heteroatoms. The van der Waals surface area contributed by atoms with Crippen molar-refractivity contribution in [3.05, 3.63) is 33.8 Å². The first-order valence-corrected chi connectivity index (χ1v) is 6.72. The normalized spacial score (nSPS) is 11.3. The number of hydrogen-bond donors (Lipinski definition) is 0. The lowest BCUT2D eigenvalue weighted by molar-refractivity contribution is 0.109. The van der Waals surface area contributed by atoms with Gasteiger partial charge in [-0.2, -0.15) is 0 Å². The van der Waals surface area contributed by atoms with Gasteiger partial charge >= 0.3 is 0 Å². The fourth-order valence-electron chi connectivity index (χ4n) is 1.65. The van der Waals surface area contributed by atoms with Crippen molar-refractivity contribution in [3.8, 4) is 0 Å². The molecule has 0 aliphatic rings. The van der Waals surface area contributed by atoms with Crippen molar-refractivity contribution in [1.29, 1.82) is 0 Å². The molecule has 0 atom stereocenters. The largest absolute Gasteiger partial charge is 0.383 e. The van der Waals surface area contributed by atoms with E-state index in [0.29, 0.717) is 26.3 Å². The molecule has 0 unspecified atom stereocenters. The van der Waals surface area contributed by atoms with E-state index >= 15 is 0 Å². The molecule has 1 rings (SSSR count). The maximum absolute atomic E-state index is 13.9. The molecule has 0 saturated heterocycles. The lowest BCUT2D eigenvalue weighted by Crippen LogP contribution is -2.31. The maximum Gasteiger partial charge on any atom is 0.144 e. The topological polar surface area (TPSA) is 21.7 Å². The monoisotopic (exact) mass is 337 g/mol. The number of halogens is 3. The van der Waals surface area contributed by atoms with E-state index in [-0.39, 0.29) is 16.6 Å². The van der Waals surface area contributed by atoms with Gasteiger partial charge in [0.25, 0.3) is 0 Å². The number of ether oxygens (including phenoxy) is 2. The maximum atomic E-state index is 13.9. The highest BCUT2D eigenvalue weighted by molar-refractivity contribution is 9.10. The predicted molar refractivity (Wildman–Crippen MR) is 73.1 cm³/mol. The van der Waals surface area contributed by atoms with E-state index in [4.69, 9.17) is 9.47 Å². The summed E-state index contributed by atoms with van der Waals surface area (Å²) >= 11 is 3.07. The Morgan fingerprint density at radius 2 is 1.68 bits per heavy atom. The van der Waals surface area contributed by atoms with Gasteiger partial charge in [0.2, 0.25) is 0 Å². The Bertz CT molecular complexity index is 396. The van der Waals surface area contributed by atoms with Crippen LogP contribution in [0.15, 0.2) is 16.6 Å². The smallest absolute Gasteiger partial charge is 0.144 e. The molecule has 1 aromatic carbocycles. The molecule has 0 N–H and O–H groups in total. The molecule has 19 heavy (non-hydrogen) atoms. The van der Waals surface area contributed by atoms with E-state index in [2.05, 4.69) is 15.9 Å². The molecule has 0 saturated carbocycles. The number of hydrogen-bond acceptors (Lipinski definition) is 3. The SMILES string of the molecule is COCCN(CCOC)Cc1c(F)ccc(Br)c1F. The third-order valence-corrected chi connectivity index (χ3v) is 3.36. The van der Waals surface area contributed by atoms with Gasteiger partial charge in [0.15, 0.2) is 0 Å². The summed E-state index contributed by atoms with van der Waals surface area (Å²) in [5, 5.41) is 0. The van der Waals surface area contributed by atoms with E-state index in [0.717, 1.165) is 0 Å². The van der Waals surface area contributed by atoms with Crippen LogP contribution in [-0.4, -0.2) is 45.4 Å². The molecule has 108 valence electrons. The molecule has 0 spiro atoms. The zero-order chi connectivity index (χ0) is 14.3. The Morgan fingerprint density at radius 1 is 1.11 bits per heavy atom. The lowest BCUT2D eigenvalue weighted by atomic mass is 10.2. The first-order valence-electron chi connectivity index (χ1n) is 5.92. The third kappa shape index (κ3) is 5.14. The number of benzene rings is 1. The molecule has 0 aromatic heterocycles. The van der Waals surface area contributed by atoms with E-state index in [1.807, 2.05) is 4.90 Å². The molecule has 3 nitrogen and oxygen atoms in total. The minimum atomic E-state index is -0.556. The Labute approximate surface area is 120 Å². The Morgan fingerprint density at radius 3 is 2.21 bits per heavy atom. The summed E-state index contributed by atoms with van der Waals surface area (Å²) in [6.45, 7) is 2.36. The van der Waals surface area contributed by atoms with Gasteiger partial charge in [-0.15, -0.1) is 0 Å². The van der Waals surface area contributed by atoms with Crippen molar-refractivity contribution in [2.45, 2.75) is 6.54 Å². The van der Waals surface area contributed by atoms with Crippen LogP contribution >= 0.6 is 15.9 Å². The van der Waals surface area contributed by atoms with Crippen molar-refractivity contribution in [3.63, 3.8) is 0 Å². The van der Waals surface area contributed by atoms with Crippen LogP contribution in [0.4, 0.5) is 8.78 Å². The summed E-state index contributed by atoms with van der Waals surface area (Å²) in [7, 11) is 3.18. The molecule has 0 bridgehead atoms. The Kier molecular flexibility index (Phi) is 7.45. The molecular weight excluding hydrogens is 320 g/mol. The fraction of sp³-hybridized carbons (Fsp3) is 0.538. The van der Waals surface area contributed by atoms with Crippen LogP contribution in [0.1, 0.15) is 5.56 Å². The molecule has 0 heterocycles. The lowest BCUT2D eigenvalue weighted by Gasteiger charge is -2.22. The third-order valence-electron chi connectivity index (χ3n) is 2.74. The van der Waals surface area contributed by atoms with E-state index in [1.165, 1.54) is 12.1 Å². The van der Waals surface area contributed by atoms with Gasteiger partial charge in [-0.3, -0.25) is 4.90 Å². The zero-order valence-electron chi connectivity index (χ0n) is 11.1. The van der Waals surface area contributed by atoms with E-state index in [9.17, 15) is 8.78 Å². The van der Waals surface area contributed by atoms with Crippen LogP contribution in [0, 0.1) is 11.6 Å². The summed E-state index contributed by atoms with van der Waals surface area (Å²) in [6.07, 6.45) is 0. The summed E-state index contributed by atoms with van der Waals surface area (Å²) in [4.78, 5) is 1.89. The van der Waals surface area contributed by atoms with E-state index in [1.54, 1.807) is 14.2 Å². The van der Waals surface area contributed by atoms with Gasteiger partial charge in [0.1, 0.15) is 11.6 Å². The second-order valence-corrected chi connectivity index (χ2v) is 4.94. The van der Waals surface area contributed by atoms with Gasteiger partial charge in [-0.05, 0) is 28.1 Å². The minimum absolute atomic E-state index is 0.0570. The zero-order valence-corrected chi connectivity index (χ0v) is 12.7. The van der Waals surface area contributed by atoms with Crippen LogP contribution in [0.3, 0.4) is 0 Å². The second-order valence-electron chi connectivity index (χ2n) is 4.08. The summed E-state index contributed by atoms with van der Waals surface area (Å²) in [5.41, 5.74) is 0.0570. The molecule has 0 aliphatic carbocycles. The fourth-order valence-corrected chi connectivity index (χ4v) is 2.02. The van der Waals surface area contributed by atoms with Crippen LogP contribution in [0.5, 0.6) is 0 Å². The Hall–Kier alpha value is -0.560.